The van der Waals surface area contributed by atoms with Gasteiger partial charge >= 0.3 is 0 Å². The highest BCUT2D eigenvalue weighted by Gasteiger charge is 2.33. The van der Waals surface area contributed by atoms with Gasteiger partial charge in [-0.05, 0) is 48.0 Å². The van der Waals surface area contributed by atoms with Crippen LogP contribution in [-0.2, 0) is 6.42 Å². The lowest BCUT2D eigenvalue weighted by molar-refractivity contribution is 0.0693. The number of para-hydroxylation sites is 1. The van der Waals surface area contributed by atoms with Gasteiger partial charge in [0.25, 0.3) is 17.7 Å². The summed E-state index contributed by atoms with van der Waals surface area (Å²) in [6, 6.07) is 20.2. The van der Waals surface area contributed by atoms with Gasteiger partial charge in [0.2, 0.25) is 0 Å². The SMILES string of the molecule is CN1C(=O)c2ccc(C(=O)Nc3ccc(Cc4nc5ccccc5s4)cc3)cc2C1=O. The maximum absolute atomic E-state index is 12.6. The predicted molar refractivity (Wildman–Crippen MR) is 120 cm³/mol. The van der Waals surface area contributed by atoms with Crippen molar-refractivity contribution in [2.45, 2.75) is 6.42 Å². The minimum absolute atomic E-state index is 0.256. The molecule has 3 amide bonds. The molecule has 1 N–H and O–H groups in total. The van der Waals surface area contributed by atoms with Crippen molar-refractivity contribution >= 4 is 45.0 Å². The number of carbonyl (C=O) groups excluding carboxylic acids is 3. The molecule has 2 heterocycles. The molecule has 1 aliphatic heterocycles. The number of aromatic nitrogens is 1. The van der Waals surface area contributed by atoms with E-state index in [9.17, 15) is 14.4 Å². The second-order valence-electron chi connectivity index (χ2n) is 7.33. The highest BCUT2D eigenvalue weighted by Crippen LogP contribution is 2.25. The molecule has 4 aromatic rings. The Balaban J connectivity index is 1.29. The van der Waals surface area contributed by atoms with E-state index in [1.54, 1.807) is 17.4 Å². The van der Waals surface area contributed by atoms with Crippen molar-refractivity contribution in [1.82, 2.24) is 9.88 Å². The summed E-state index contributed by atoms with van der Waals surface area (Å²) in [7, 11) is 1.43. The largest absolute Gasteiger partial charge is 0.322 e. The highest BCUT2D eigenvalue weighted by atomic mass is 32.1. The average molecular weight is 427 g/mol. The zero-order valence-corrected chi connectivity index (χ0v) is 17.4. The number of benzene rings is 3. The molecule has 0 atom stereocenters. The van der Waals surface area contributed by atoms with Crippen LogP contribution in [0.15, 0.2) is 66.7 Å². The zero-order valence-electron chi connectivity index (χ0n) is 16.6. The van der Waals surface area contributed by atoms with Gasteiger partial charge < -0.3 is 5.32 Å². The Labute approximate surface area is 182 Å². The Hall–Kier alpha value is -3.84. The van der Waals surface area contributed by atoms with Crippen molar-refractivity contribution in [3.8, 4) is 0 Å². The lowest BCUT2D eigenvalue weighted by Crippen LogP contribution is -2.24. The Morgan fingerprint density at radius 3 is 2.48 bits per heavy atom. The summed E-state index contributed by atoms with van der Waals surface area (Å²) < 4.78 is 1.17. The number of fused-ring (bicyclic) bond motifs is 2. The summed E-state index contributed by atoms with van der Waals surface area (Å²) in [6.45, 7) is 0. The normalized spacial score (nSPS) is 13.0. The van der Waals surface area contributed by atoms with Crippen molar-refractivity contribution in [2.24, 2.45) is 0 Å². The molecule has 0 saturated carbocycles. The number of thiazole rings is 1. The van der Waals surface area contributed by atoms with Gasteiger partial charge in [0.1, 0.15) is 0 Å². The second-order valence-corrected chi connectivity index (χ2v) is 8.45. The van der Waals surface area contributed by atoms with Crippen LogP contribution in [0.5, 0.6) is 0 Å². The third-order valence-corrected chi connectivity index (χ3v) is 6.29. The first-order valence-corrected chi connectivity index (χ1v) is 10.5. The van der Waals surface area contributed by atoms with Crippen LogP contribution in [0.25, 0.3) is 10.2 Å². The molecular weight excluding hydrogens is 410 g/mol. The number of imide groups is 1. The number of nitrogens with zero attached hydrogens (tertiary/aromatic N) is 2. The van der Waals surface area contributed by atoms with E-state index < -0.39 is 5.91 Å². The van der Waals surface area contributed by atoms with E-state index in [2.05, 4.69) is 16.4 Å². The maximum atomic E-state index is 12.6. The molecule has 0 radical (unpaired) electrons. The van der Waals surface area contributed by atoms with Crippen LogP contribution in [-0.4, -0.2) is 34.7 Å². The summed E-state index contributed by atoms with van der Waals surface area (Å²) in [6.07, 6.45) is 0.724. The lowest BCUT2D eigenvalue weighted by atomic mass is 10.1. The molecule has 0 spiro atoms. The van der Waals surface area contributed by atoms with Gasteiger partial charge in [0, 0.05) is 24.7 Å². The average Bonchev–Trinajstić information content (AvgIpc) is 3.29. The lowest BCUT2D eigenvalue weighted by Gasteiger charge is -2.07. The number of rotatable bonds is 4. The zero-order chi connectivity index (χ0) is 21.5. The molecule has 7 heteroatoms. The fraction of sp³-hybridized carbons (Fsp3) is 0.0833. The van der Waals surface area contributed by atoms with Gasteiger partial charge in [-0.1, -0.05) is 24.3 Å². The molecule has 0 fully saturated rings. The van der Waals surface area contributed by atoms with Crippen LogP contribution in [0.1, 0.15) is 41.6 Å². The Morgan fingerprint density at radius 1 is 0.968 bits per heavy atom. The van der Waals surface area contributed by atoms with Crippen LogP contribution >= 0.6 is 11.3 Å². The summed E-state index contributed by atoms with van der Waals surface area (Å²) in [5.41, 5.74) is 3.66. The number of hydrogen-bond donors (Lipinski definition) is 1. The van der Waals surface area contributed by atoms with Crippen LogP contribution in [0.3, 0.4) is 0 Å². The van der Waals surface area contributed by atoms with Crippen molar-refractivity contribution in [3.63, 3.8) is 0 Å². The third-order valence-electron chi connectivity index (χ3n) is 5.26. The van der Waals surface area contributed by atoms with Crippen LogP contribution < -0.4 is 5.32 Å². The smallest absolute Gasteiger partial charge is 0.261 e. The van der Waals surface area contributed by atoms with Gasteiger partial charge in [-0.2, -0.15) is 0 Å². The minimum atomic E-state index is -0.395. The fourth-order valence-corrected chi connectivity index (χ4v) is 4.58. The molecule has 6 nitrogen and oxygen atoms in total. The Morgan fingerprint density at radius 2 is 1.71 bits per heavy atom. The van der Waals surface area contributed by atoms with Gasteiger partial charge in [0.05, 0.1) is 26.4 Å². The quantitative estimate of drug-likeness (QED) is 0.491. The van der Waals surface area contributed by atoms with E-state index in [1.807, 2.05) is 42.5 Å². The van der Waals surface area contributed by atoms with Gasteiger partial charge in [-0.3, -0.25) is 19.3 Å². The van der Waals surface area contributed by atoms with Gasteiger partial charge in [-0.25, -0.2) is 4.98 Å². The van der Waals surface area contributed by atoms with E-state index in [0.717, 1.165) is 27.4 Å². The standard InChI is InChI=1S/C24H17N3O3S/c1-27-23(29)17-11-8-15(13-18(17)24(27)30)22(28)25-16-9-6-14(7-10-16)12-21-26-19-4-2-3-5-20(19)31-21/h2-11,13H,12H2,1H3,(H,25,28). The van der Waals surface area contributed by atoms with Crippen molar-refractivity contribution in [3.05, 3.63) is 94.0 Å². The van der Waals surface area contributed by atoms with Gasteiger partial charge in [0.15, 0.2) is 0 Å². The molecule has 152 valence electrons. The van der Waals surface area contributed by atoms with Crippen LogP contribution in [0.4, 0.5) is 5.69 Å². The number of hydrogen-bond acceptors (Lipinski definition) is 5. The van der Waals surface area contributed by atoms with E-state index >= 15 is 0 Å². The number of anilines is 1. The molecule has 0 saturated heterocycles. The van der Waals surface area contributed by atoms with Crippen molar-refractivity contribution in [2.75, 3.05) is 12.4 Å². The minimum Gasteiger partial charge on any atom is -0.322 e. The molecule has 0 aliphatic carbocycles. The fourth-order valence-electron chi connectivity index (χ4n) is 3.58. The number of amides is 3. The molecular formula is C24H17N3O3S. The molecule has 5 rings (SSSR count). The summed E-state index contributed by atoms with van der Waals surface area (Å²) in [5, 5.41) is 3.88. The predicted octanol–water partition coefficient (Wildman–Crippen LogP) is 4.37. The molecule has 1 aliphatic rings. The maximum Gasteiger partial charge on any atom is 0.261 e. The molecule has 0 bridgehead atoms. The Kier molecular flexibility index (Phi) is 4.60. The molecule has 1 aromatic heterocycles. The summed E-state index contributed by atoms with van der Waals surface area (Å²) in [4.78, 5) is 42.5. The van der Waals surface area contributed by atoms with E-state index in [-0.39, 0.29) is 17.4 Å². The second kappa shape index (κ2) is 7.45. The first-order chi connectivity index (χ1) is 15.0. The number of nitrogens with one attached hydrogen (secondary N) is 1. The summed E-state index contributed by atoms with van der Waals surface area (Å²) in [5.74, 6) is -1.08. The van der Waals surface area contributed by atoms with E-state index in [0.29, 0.717) is 16.8 Å². The van der Waals surface area contributed by atoms with Gasteiger partial charge in [-0.15, -0.1) is 11.3 Å². The van der Waals surface area contributed by atoms with Crippen LogP contribution in [0.2, 0.25) is 0 Å². The molecule has 3 aromatic carbocycles. The molecule has 31 heavy (non-hydrogen) atoms. The topological polar surface area (TPSA) is 79.4 Å². The van der Waals surface area contributed by atoms with E-state index in [4.69, 9.17) is 0 Å². The van der Waals surface area contributed by atoms with Crippen LogP contribution in [0, 0.1) is 0 Å². The first-order valence-electron chi connectivity index (χ1n) is 9.71. The highest BCUT2D eigenvalue weighted by molar-refractivity contribution is 7.18. The third kappa shape index (κ3) is 3.49. The Bertz CT molecular complexity index is 1330. The van der Waals surface area contributed by atoms with Crippen molar-refractivity contribution < 1.29 is 14.4 Å². The monoisotopic (exact) mass is 427 g/mol. The number of carbonyl (C=O) groups is 3. The summed E-state index contributed by atoms with van der Waals surface area (Å²) >= 11 is 1.68. The molecule has 0 unspecified atom stereocenters. The first kappa shape index (κ1) is 19.1. The van der Waals surface area contributed by atoms with Crippen molar-refractivity contribution in [1.29, 1.82) is 0 Å². The van der Waals surface area contributed by atoms with E-state index in [1.165, 1.54) is 23.9 Å².